The van der Waals surface area contributed by atoms with E-state index in [-0.39, 0.29) is 29.6 Å². The molecule has 32 heavy (non-hydrogen) atoms. The third-order valence-corrected chi connectivity index (χ3v) is 7.07. The van der Waals surface area contributed by atoms with Gasteiger partial charge in [0, 0.05) is 36.7 Å². The summed E-state index contributed by atoms with van der Waals surface area (Å²) in [7, 11) is 0. The second-order valence-electron chi connectivity index (χ2n) is 8.65. The molecule has 3 heteroatoms. The van der Waals surface area contributed by atoms with Crippen LogP contribution in [0, 0.1) is 11.8 Å². The van der Waals surface area contributed by atoms with Crippen molar-refractivity contribution in [3.63, 3.8) is 0 Å². The molecule has 5 rings (SSSR count). The van der Waals surface area contributed by atoms with Crippen molar-refractivity contribution in [2.24, 2.45) is 11.8 Å². The van der Waals surface area contributed by atoms with Crippen LogP contribution in [-0.4, -0.2) is 19.1 Å². The van der Waals surface area contributed by atoms with E-state index in [1.807, 2.05) is 18.2 Å². The van der Waals surface area contributed by atoms with Gasteiger partial charge in [-0.15, -0.1) is 0 Å². The van der Waals surface area contributed by atoms with Crippen molar-refractivity contribution in [1.82, 2.24) is 0 Å². The van der Waals surface area contributed by atoms with Crippen LogP contribution in [0.4, 0.5) is 5.69 Å². The smallest absolute Gasteiger partial charge is 0.315 e. The second kappa shape index (κ2) is 8.66. The van der Waals surface area contributed by atoms with Gasteiger partial charge in [-0.1, -0.05) is 78.9 Å². The van der Waals surface area contributed by atoms with Crippen LogP contribution in [0.2, 0.25) is 0 Å². The Morgan fingerprint density at radius 2 is 1.53 bits per heavy atom. The molecule has 0 spiro atoms. The van der Waals surface area contributed by atoms with Crippen molar-refractivity contribution in [1.29, 1.82) is 0 Å². The molecule has 3 aromatic carbocycles. The molecule has 1 fully saturated rings. The number of allylic oxidation sites excluding steroid dienone is 1. The lowest BCUT2D eigenvalue weighted by Crippen LogP contribution is -2.50. The number of esters is 1. The Labute approximate surface area is 190 Å². The van der Waals surface area contributed by atoms with E-state index >= 15 is 0 Å². The van der Waals surface area contributed by atoms with Gasteiger partial charge in [0.15, 0.2) is 0 Å². The SMILES string of the molecule is CCN(CC)c1ccc2c(c1)OC(=O)C1C(c3ccccc3)C(/C=C/c3ccccc3)C21. The predicted octanol–water partition coefficient (Wildman–Crippen LogP) is 6.28. The minimum atomic E-state index is -0.144. The Hall–Kier alpha value is -3.33. The molecule has 0 saturated heterocycles. The van der Waals surface area contributed by atoms with Gasteiger partial charge in [0.05, 0.1) is 5.92 Å². The molecule has 4 atom stereocenters. The fourth-order valence-corrected chi connectivity index (χ4v) is 5.45. The molecule has 0 aromatic heterocycles. The predicted molar refractivity (Wildman–Crippen MR) is 130 cm³/mol. The molecule has 3 nitrogen and oxygen atoms in total. The molecule has 0 amide bonds. The summed E-state index contributed by atoms with van der Waals surface area (Å²) in [6.45, 7) is 6.14. The lowest BCUT2D eigenvalue weighted by atomic mass is 9.51. The number of anilines is 1. The number of hydrogen-bond acceptors (Lipinski definition) is 3. The van der Waals surface area contributed by atoms with E-state index in [9.17, 15) is 4.79 Å². The highest BCUT2D eigenvalue weighted by Gasteiger charge is 2.57. The van der Waals surface area contributed by atoms with Gasteiger partial charge in [-0.25, -0.2) is 0 Å². The summed E-state index contributed by atoms with van der Waals surface area (Å²) in [6, 6.07) is 27.2. The number of rotatable bonds is 6. The molecule has 1 aliphatic carbocycles. The summed E-state index contributed by atoms with van der Waals surface area (Å²) in [5.74, 6) is 0.997. The number of carbonyl (C=O) groups excluding carboxylic acids is 1. The van der Waals surface area contributed by atoms with Crippen LogP contribution >= 0.6 is 0 Å². The number of hydrogen-bond donors (Lipinski definition) is 0. The van der Waals surface area contributed by atoms with Crippen LogP contribution in [0.1, 0.15) is 42.4 Å². The van der Waals surface area contributed by atoms with Gasteiger partial charge in [0.25, 0.3) is 0 Å². The highest BCUT2D eigenvalue weighted by molar-refractivity contribution is 5.83. The summed E-state index contributed by atoms with van der Waals surface area (Å²) in [4.78, 5) is 15.5. The lowest BCUT2D eigenvalue weighted by molar-refractivity contribution is -0.148. The maximum Gasteiger partial charge on any atom is 0.315 e. The quantitative estimate of drug-likeness (QED) is 0.345. The summed E-state index contributed by atoms with van der Waals surface area (Å²) in [5, 5.41) is 0. The topological polar surface area (TPSA) is 29.5 Å². The maximum absolute atomic E-state index is 13.2. The third kappa shape index (κ3) is 3.52. The van der Waals surface area contributed by atoms with Gasteiger partial charge in [-0.05, 0) is 42.5 Å². The Morgan fingerprint density at radius 3 is 2.22 bits per heavy atom. The standard InChI is InChI=1S/C29H29NO2/c1-3-30(4-2)22-16-18-23-25(19-22)32-29(31)28-26(21-13-9-6-10-14-21)24(27(23)28)17-15-20-11-7-5-8-12-20/h5-19,24,26-28H,3-4H2,1-2H3/b17-15+. The average molecular weight is 424 g/mol. The maximum atomic E-state index is 13.2. The van der Waals surface area contributed by atoms with Crippen molar-refractivity contribution in [2.45, 2.75) is 25.7 Å². The molecule has 2 aliphatic rings. The van der Waals surface area contributed by atoms with Crippen molar-refractivity contribution in [2.75, 3.05) is 18.0 Å². The Kier molecular flexibility index (Phi) is 5.57. The zero-order valence-corrected chi connectivity index (χ0v) is 18.6. The monoisotopic (exact) mass is 423 g/mol. The van der Waals surface area contributed by atoms with Crippen LogP contribution in [0.25, 0.3) is 6.08 Å². The number of nitrogens with zero attached hydrogens (tertiary/aromatic N) is 1. The van der Waals surface area contributed by atoms with Gasteiger partial charge >= 0.3 is 5.97 Å². The van der Waals surface area contributed by atoms with Crippen LogP contribution in [0.5, 0.6) is 5.75 Å². The summed E-state index contributed by atoms with van der Waals surface area (Å²) >= 11 is 0. The molecule has 0 radical (unpaired) electrons. The molecule has 1 aliphatic heterocycles. The summed E-state index contributed by atoms with van der Waals surface area (Å²) < 4.78 is 5.92. The Bertz CT molecular complexity index is 1120. The number of benzene rings is 3. The molecule has 1 heterocycles. The highest BCUT2D eigenvalue weighted by Crippen LogP contribution is 2.62. The third-order valence-electron chi connectivity index (χ3n) is 7.07. The molecule has 162 valence electrons. The Balaban J connectivity index is 1.54. The van der Waals surface area contributed by atoms with E-state index in [0.29, 0.717) is 0 Å². The first kappa shape index (κ1) is 20.6. The second-order valence-corrected chi connectivity index (χ2v) is 8.65. The van der Waals surface area contributed by atoms with E-state index in [1.54, 1.807) is 0 Å². The normalized spacial score (nSPS) is 23.8. The molecule has 1 saturated carbocycles. The number of carbonyl (C=O) groups is 1. The zero-order chi connectivity index (χ0) is 22.1. The fraction of sp³-hybridized carbons (Fsp3) is 0.276. The van der Waals surface area contributed by atoms with E-state index < -0.39 is 0 Å². The minimum Gasteiger partial charge on any atom is -0.426 e. The summed E-state index contributed by atoms with van der Waals surface area (Å²) in [6.07, 6.45) is 4.50. The number of fused-ring (bicyclic) bond motifs is 3. The van der Waals surface area contributed by atoms with Crippen LogP contribution < -0.4 is 9.64 Å². The first-order chi connectivity index (χ1) is 15.7. The van der Waals surface area contributed by atoms with E-state index in [2.05, 4.69) is 91.6 Å². The molecule has 0 bridgehead atoms. The van der Waals surface area contributed by atoms with Gasteiger partial charge in [-0.3, -0.25) is 4.79 Å². The largest absolute Gasteiger partial charge is 0.426 e. The van der Waals surface area contributed by atoms with E-state index in [4.69, 9.17) is 4.74 Å². The van der Waals surface area contributed by atoms with Crippen molar-refractivity contribution >= 4 is 17.7 Å². The van der Waals surface area contributed by atoms with Crippen molar-refractivity contribution < 1.29 is 9.53 Å². The lowest BCUT2D eigenvalue weighted by Gasteiger charge is -2.52. The Morgan fingerprint density at radius 1 is 0.844 bits per heavy atom. The molecule has 3 aromatic rings. The molecule has 0 N–H and O–H groups in total. The van der Waals surface area contributed by atoms with Crippen LogP contribution in [0.3, 0.4) is 0 Å². The zero-order valence-electron chi connectivity index (χ0n) is 18.6. The first-order valence-electron chi connectivity index (χ1n) is 11.6. The van der Waals surface area contributed by atoms with Crippen molar-refractivity contribution in [3.8, 4) is 5.75 Å². The van der Waals surface area contributed by atoms with Gasteiger partial charge < -0.3 is 9.64 Å². The fourth-order valence-electron chi connectivity index (χ4n) is 5.45. The van der Waals surface area contributed by atoms with Crippen LogP contribution in [-0.2, 0) is 4.79 Å². The molecular formula is C29H29NO2. The first-order valence-corrected chi connectivity index (χ1v) is 11.6. The molecular weight excluding hydrogens is 394 g/mol. The van der Waals surface area contributed by atoms with E-state index in [1.165, 1.54) is 11.1 Å². The van der Waals surface area contributed by atoms with Crippen LogP contribution in [0.15, 0.2) is 84.9 Å². The highest BCUT2D eigenvalue weighted by atomic mass is 16.5. The van der Waals surface area contributed by atoms with E-state index in [0.717, 1.165) is 30.1 Å². The van der Waals surface area contributed by atoms with Gasteiger partial charge in [-0.2, -0.15) is 0 Å². The van der Waals surface area contributed by atoms with Crippen molar-refractivity contribution in [3.05, 3.63) is 102 Å². The summed E-state index contributed by atoms with van der Waals surface area (Å²) in [5.41, 5.74) is 4.64. The average Bonchev–Trinajstić information content (AvgIpc) is 2.81. The molecule has 4 unspecified atom stereocenters. The van der Waals surface area contributed by atoms with Gasteiger partial charge in [0.2, 0.25) is 0 Å². The van der Waals surface area contributed by atoms with Gasteiger partial charge in [0.1, 0.15) is 5.75 Å². The number of ether oxygens (including phenoxy) is 1. The minimum absolute atomic E-state index is 0.0996.